The van der Waals surface area contributed by atoms with Gasteiger partial charge >= 0.3 is 0 Å². The first-order valence-corrected chi connectivity index (χ1v) is 7.49. The lowest BCUT2D eigenvalue weighted by molar-refractivity contribution is 0.102. The summed E-state index contributed by atoms with van der Waals surface area (Å²) in [7, 11) is 0. The Labute approximate surface area is 135 Å². The van der Waals surface area contributed by atoms with E-state index in [1.807, 2.05) is 0 Å². The van der Waals surface area contributed by atoms with Crippen molar-refractivity contribution >= 4 is 45.6 Å². The molecule has 0 saturated heterocycles. The number of benzene rings is 1. The van der Waals surface area contributed by atoms with Crippen molar-refractivity contribution in [2.45, 2.75) is 6.42 Å². The Morgan fingerprint density at radius 2 is 2.24 bits per heavy atom. The molecule has 108 valence electrons. The van der Waals surface area contributed by atoms with Crippen LogP contribution < -0.4 is 5.32 Å². The van der Waals surface area contributed by atoms with Crippen LogP contribution in [0.4, 0.5) is 5.13 Å². The summed E-state index contributed by atoms with van der Waals surface area (Å²) in [6.45, 7) is 0.0183. The summed E-state index contributed by atoms with van der Waals surface area (Å²) in [6.07, 6.45) is 1.97. The van der Waals surface area contributed by atoms with E-state index in [4.69, 9.17) is 28.3 Å². The van der Waals surface area contributed by atoms with Gasteiger partial charge in [-0.3, -0.25) is 10.1 Å². The van der Waals surface area contributed by atoms with Gasteiger partial charge in [0.15, 0.2) is 5.13 Å². The molecule has 0 radical (unpaired) electrons. The van der Waals surface area contributed by atoms with E-state index in [2.05, 4.69) is 22.1 Å². The molecule has 0 fully saturated rings. The van der Waals surface area contributed by atoms with Gasteiger partial charge in [-0.15, -0.1) is 0 Å². The number of amides is 1. The van der Waals surface area contributed by atoms with E-state index in [-0.39, 0.29) is 17.5 Å². The summed E-state index contributed by atoms with van der Waals surface area (Å²) in [4.78, 5) is 16.8. The minimum absolute atomic E-state index is 0.0183. The van der Waals surface area contributed by atoms with Gasteiger partial charge in [0.05, 0.1) is 28.3 Å². The molecule has 4 nitrogen and oxygen atoms in total. The fourth-order valence-electron chi connectivity index (χ4n) is 1.43. The molecule has 1 heterocycles. The molecule has 0 aliphatic rings. The van der Waals surface area contributed by atoms with Gasteiger partial charge < -0.3 is 5.11 Å². The number of aliphatic hydroxyl groups excluding tert-OH is 1. The van der Waals surface area contributed by atoms with Gasteiger partial charge in [0.2, 0.25) is 0 Å². The largest absolute Gasteiger partial charge is 0.395 e. The Kier molecular flexibility index (Phi) is 5.59. The van der Waals surface area contributed by atoms with Crippen LogP contribution in [0.1, 0.15) is 21.7 Å². The summed E-state index contributed by atoms with van der Waals surface area (Å²) in [5, 5.41) is 12.5. The van der Waals surface area contributed by atoms with Crippen molar-refractivity contribution in [1.29, 1.82) is 0 Å². The monoisotopic (exact) mass is 340 g/mol. The molecule has 21 heavy (non-hydrogen) atoms. The van der Waals surface area contributed by atoms with E-state index in [1.165, 1.54) is 17.4 Å². The van der Waals surface area contributed by atoms with Gasteiger partial charge in [0.1, 0.15) is 0 Å². The number of rotatable bonds is 3. The van der Waals surface area contributed by atoms with Crippen molar-refractivity contribution in [3.8, 4) is 11.8 Å². The van der Waals surface area contributed by atoms with Crippen molar-refractivity contribution < 1.29 is 9.90 Å². The van der Waals surface area contributed by atoms with E-state index in [0.717, 1.165) is 0 Å². The highest BCUT2D eigenvalue weighted by atomic mass is 35.5. The third-order valence-corrected chi connectivity index (χ3v) is 3.73. The van der Waals surface area contributed by atoms with Crippen LogP contribution in [0.5, 0.6) is 0 Å². The van der Waals surface area contributed by atoms with E-state index in [0.29, 0.717) is 27.0 Å². The third-order valence-electron chi connectivity index (χ3n) is 2.35. The molecule has 1 aromatic heterocycles. The van der Waals surface area contributed by atoms with Gasteiger partial charge in [-0.1, -0.05) is 46.4 Å². The number of hydrogen-bond acceptors (Lipinski definition) is 4. The Balaban J connectivity index is 2.08. The zero-order chi connectivity index (χ0) is 15.2. The SMILES string of the molecule is O=C(Nc1ncc(C#CCCO)s1)c1ccc(Cl)cc1Cl. The highest BCUT2D eigenvalue weighted by molar-refractivity contribution is 7.16. The second kappa shape index (κ2) is 7.43. The lowest BCUT2D eigenvalue weighted by Crippen LogP contribution is -2.12. The van der Waals surface area contributed by atoms with Crippen LogP contribution in [0.2, 0.25) is 10.0 Å². The zero-order valence-corrected chi connectivity index (χ0v) is 13.0. The summed E-state index contributed by atoms with van der Waals surface area (Å²) in [5.41, 5.74) is 0.323. The molecule has 0 saturated carbocycles. The number of hydrogen-bond donors (Lipinski definition) is 2. The molecule has 1 amide bonds. The molecule has 2 N–H and O–H groups in total. The second-order valence-corrected chi connectivity index (χ2v) is 5.76. The zero-order valence-electron chi connectivity index (χ0n) is 10.7. The van der Waals surface area contributed by atoms with Gasteiger partial charge in [0, 0.05) is 11.4 Å². The average molecular weight is 341 g/mol. The molecule has 0 atom stereocenters. The number of nitrogens with one attached hydrogen (secondary N) is 1. The maximum Gasteiger partial charge on any atom is 0.258 e. The molecular weight excluding hydrogens is 331 g/mol. The van der Waals surface area contributed by atoms with Crippen molar-refractivity contribution in [3.63, 3.8) is 0 Å². The predicted molar refractivity (Wildman–Crippen MR) is 85.1 cm³/mol. The van der Waals surface area contributed by atoms with E-state index >= 15 is 0 Å². The molecule has 1 aromatic carbocycles. The summed E-state index contributed by atoms with van der Waals surface area (Å²) in [5.74, 6) is 5.28. The van der Waals surface area contributed by atoms with Crippen molar-refractivity contribution in [1.82, 2.24) is 4.98 Å². The third kappa shape index (κ3) is 4.45. The maximum atomic E-state index is 12.1. The first-order valence-electron chi connectivity index (χ1n) is 5.92. The maximum absolute atomic E-state index is 12.1. The van der Waals surface area contributed by atoms with Crippen LogP contribution in [0.15, 0.2) is 24.4 Å². The lowest BCUT2D eigenvalue weighted by Gasteiger charge is -2.04. The molecule has 0 unspecified atom stereocenters. The fraction of sp³-hybridized carbons (Fsp3) is 0.143. The average Bonchev–Trinajstić information content (AvgIpc) is 2.86. The van der Waals surface area contributed by atoms with Crippen LogP contribution >= 0.6 is 34.5 Å². The number of carbonyl (C=O) groups excluding carboxylic acids is 1. The fourth-order valence-corrected chi connectivity index (χ4v) is 2.61. The lowest BCUT2D eigenvalue weighted by atomic mass is 10.2. The number of aromatic nitrogens is 1. The molecule has 2 rings (SSSR count). The van der Waals surface area contributed by atoms with Gasteiger partial charge in [-0.05, 0) is 18.2 Å². The van der Waals surface area contributed by atoms with Gasteiger partial charge in [0.25, 0.3) is 5.91 Å². The van der Waals surface area contributed by atoms with Crippen molar-refractivity contribution in [3.05, 3.63) is 44.9 Å². The summed E-state index contributed by atoms with van der Waals surface area (Å²) < 4.78 is 0. The van der Waals surface area contributed by atoms with Crippen LogP contribution in [-0.2, 0) is 0 Å². The summed E-state index contributed by atoms with van der Waals surface area (Å²) >= 11 is 13.0. The number of nitrogens with zero attached hydrogens (tertiary/aromatic N) is 1. The molecule has 0 aliphatic carbocycles. The van der Waals surface area contributed by atoms with Crippen LogP contribution in [0.3, 0.4) is 0 Å². The highest BCUT2D eigenvalue weighted by Crippen LogP contribution is 2.23. The standard InChI is InChI=1S/C14H10Cl2N2O2S/c15-9-4-5-11(12(16)7-9)13(20)18-14-17-8-10(21-14)3-1-2-6-19/h4-5,7-8,19H,2,6H2,(H,17,18,20). The molecular formula is C14H10Cl2N2O2S. The number of aliphatic hydroxyl groups is 1. The molecule has 0 bridgehead atoms. The first kappa shape index (κ1) is 15.8. The number of carbonyl (C=O) groups is 1. The van der Waals surface area contributed by atoms with Gasteiger partial charge in [-0.2, -0.15) is 0 Å². The Hall–Kier alpha value is -1.58. The minimum atomic E-state index is -0.360. The van der Waals surface area contributed by atoms with Crippen LogP contribution in [-0.4, -0.2) is 22.6 Å². The van der Waals surface area contributed by atoms with E-state index in [9.17, 15) is 4.79 Å². The Morgan fingerprint density at radius 1 is 1.43 bits per heavy atom. The van der Waals surface area contributed by atoms with Crippen molar-refractivity contribution in [2.75, 3.05) is 11.9 Å². The Bertz CT molecular complexity index is 719. The van der Waals surface area contributed by atoms with Gasteiger partial charge in [-0.25, -0.2) is 4.98 Å². The highest BCUT2D eigenvalue weighted by Gasteiger charge is 2.12. The number of anilines is 1. The molecule has 0 spiro atoms. The van der Waals surface area contributed by atoms with Crippen LogP contribution in [0, 0.1) is 11.8 Å². The summed E-state index contributed by atoms with van der Waals surface area (Å²) in [6, 6.07) is 4.65. The topological polar surface area (TPSA) is 62.2 Å². The Morgan fingerprint density at radius 3 is 2.95 bits per heavy atom. The minimum Gasteiger partial charge on any atom is -0.395 e. The van der Waals surface area contributed by atoms with E-state index in [1.54, 1.807) is 18.3 Å². The number of thiazole rings is 1. The molecule has 2 aromatic rings. The van der Waals surface area contributed by atoms with Crippen molar-refractivity contribution in [2.24, 2.45) is 0 Å². The molecule has 7 heteroatoms. The van der Waals surface area contributed by atoms with Crippen LogP contribution in [0.25, 0.3) is 0 Å². The molecule has 0 aliphatic heterocycles. The predicted octanol–water partition coefficient (Wildman–Crippen LogP) is 3.44. The number of halogens is 2. The second-order valence-electron chi connectivity index (χ2n) is 3.88. The smallest absolute Gasteiger partial charge is 0.258 e. The quantitative estimate of drug-likeness (QED) is 0.841. The normalized spacial score (nSPS) is 9.86. The van der Waals surface area contributed by atoms with E-state index < -0.39 is 0 Å². The first-order chi connectivity index (χ1) is 10.1.